The van der Waals surface area contributed by atoms with E-state index in [1.807, 2.05) is 6.07 Å². The molecule has 0 aliphatic heterocycles. The molecular formula is C14H13FN4O. The van der Waals surface area contributed by atoms with Gasteiger partial charge in [0, 0.05) is 16.9 Å². The Labute approximate surface area is 115 Å². The van der Waals surface area contributed by atoms with Gasteiger partial charge in [0.1, 0.15) is 5.82 Å². The molecule has 2 rings (SSSR count). The molecule has 20 heavy (non-hydrogen) atoms. The number of carbonyl (C=O) groups is 1. The predicted molar refractivity (Wildman–Crippen MR) is 71.9 cm³/mol. The number of amides is 1. The van der Waals surface area contributed by atoms with Gasteiger partial charge in [-0.3, -0.25) is 9.89 Å². The number of benzene rings is 1. The number of aromatic amines is 1. The highest BCUT2D eigenvalue weighted by molar-refractivity contribution is 6.06. The molecule has 0 aliphatic carbocycles. The number of H-pyrrole nitrogens is 1. The maximum absolute atomic E-state index is 13.7. The van der Waals surface area contributed by atoms with E-state index >= 15 is 0 Å². The van der Waals surface area contributed by atoms with Gasteiger partial charge in [0.05, 0.1) is 22.9 Å². The minimum Gasteiger partial charge on any atom is -0.321 e. The lowest BCUT2D eigenvalue weighted by Crippen LogP contribution is -2.15. The average Bonchev–Trinajstić information content (AvgIpc) is 2.74. The Hall–Kier alpha value is -2.68. The molecule has 0 saturated heterocycles. The van der Waals surface area contributed by atoms with Crippen molar-refractivity contribution in [1.82, 2.24) is 10.2 Å². The van der Waals surface area contributed by atoms with Crippen LogP contribution in [-0.4, -0.2) is 16.1 Å². The van der Waals surface area contributed by atoms with Crippen molar-refractivity contribution in [2.24, 2.45) is 0 Å². The Morgan fingerprint density at radius 1 is 1.40 bits per heavy atom. The van der Waals surface area contributed by atoms with Crippen molar-refractivity contribution in [2.45, 2.75) is 20.8 Å². The van der Waals surface area contributed by atoms with E-state index in [0.29, 0.717) is 17.0 Å². The maximum Gasteiger partial charge on any atom is 0.259 e. The maximum atomic E-state index is 13.7. The summed E-state index contributed by atoms with van der Waals surface area (Å²) in [5, 5.41) is 18.1. The van der Waals surface area contributed by atoms with Crippen molar-refractivity contribution in [3.8, 4) is 6.07 Å². The number of aromatic nitrogens is 2. The first-order valence-electron chi connectivity index (χ1n) is 5.97. The number of nitrogens with zero attached hydrogens (tertiary/aromatic N) is 2. The molecule has 0 aliphatic rings. The number of nitriles is 1. The normalized spacial score (nSPS) is 10.2. The quantitative estimate of drug-likeness (QED) is 0.881. The van der Waals surface area contributed by atoms with Crippen molar-refractivity contribution in [3.63, 3.8) is 0 Å². The van der Waals surface area contributed by atoms with Crippen LogP contribution in [0.2, 0.25) is 0 Å². The molecule has 0 spiro atoms. The fourth-order valence-electron chi connectivity index (χ4n) is 1.94. The fourth-order valence-corrected chi connectivity index (χ4v) is 1.94. The van der Waals surface area contributed by atoms with E-state index in [9.17, 15) is 9.18 Å². The van der Waals surface area contributed by atoms with Gasteiger partial charge in [-0.25, -0.2) is 4.39 Å². The fraction of sp³-hybridized carbons (Fsp3) is 0.214. The highest BCUT2D eigenvalue weighted by Gasteiger charge is 2.17. The van der Waals surface area contributed by atoms with E-state index in [1.165, 1.54) is 6.07 Å². The molecule has 0 bridgehead atoms. The van der Waals surface area contributed by atoms with E-state index < -0.39 is 5.82 Å². The van der Waals surface area contributed by atoms with Crippen LogP contribution in [0.5, 0.6) is 0 Å². The molecule has 1 aromatic carbocycles. The van der Waals surface area contributed by atoms with Crippen LogP contribution >= 0.6 is 0 Å². The van der Waals surface area contributed by atoms with Gasteiger partial charge in [-0.2, -0.15) is 10.4 Å². The van der Waals surface area contributed by atoms with Crippen molar-refractivity contribution in [3.05, 3.63) is 46.0 Å². The molecule has 102 valence electrons. The van der Waals surface area contributed by atoms with Gasteiger partial charge >= 0.3 is 0 Å². The summed E-state index contributed by atoms with van der Waals surface area (Å²) in [6, 6.07) is 4.44. The molecule has 0 saturated carbocycles. The Bertz CT molecular complexity index is 708. The number of rotatable bonds is 2. The predicted octanol–water partition coefficient (Wildman–Crippen LogP) is 2.60. The Morgan fingerprint density at radius 2 is 2.10 bits per heavy atom. The number of halogens is 1. The van der Waals surface area contributed by atoms with Crippen LogP contribution < -0.4 is 5.32 Å². The zero-order valence-corrected chi connectivity index (χ0v) is 11.3. The summed E-state index contributed by atoms with van der Waals surface area (Å²) in [7, 11) is 0. The molecule has 6 heteroatoms. The van der Waals surface area contributed by atoms with Gasteiger partial charge in [-0.15, -0.1) is 0 Å². The Kier molecular flexibility index (Phi) is 3.53. The number of nitrogens with one attached hydrogen (secondary N) is 2. The van der Waals surface area contributed by atoms with Crippen LogP contribution in [0.1, 0.15) is 32.9 Å². The zero-order chi connectivity index (χ0) is 14.9. The van der Waals surface area contributed by atoms with Crippen LogP contribution in [0.3, 0.4) is 0 Å². The minimum absolute atomic E-state index is 0.157. The summed E-state index contributed by atoms with van der Waals surface area (Å²) in [6.45, 7) is 4.98. The summed E-state index contributed by atoms with van der Waals surface area (Å²) < 4.78 is 13.7. The third kappa shape index (κ3) is 2.38. The largest absolute Gasteiger partial charge is 0.321 e. The average molecular weight is 272 g/mol. The topological polar surface area (TPSA) is 81.6 Å². The minimum atomic E-state index is -0.528. The van der Waals surface area contributed by atoms with E-state index in [4.69, 9.17) is 5.26 Å². The highest BCUT2D eigenvalue weighted by Crippen LogP contribution is 2.22. The van der Waals surface area contributed by atoms with Gasteiger partial charge in [0.2, 0.25) is 0 Å². The molecule has 0 atom stereocenters. The van der Waals surface area contributed by atoms with Crippen molar-refractivity contribution in [2.75, 3.05) is 5.32 Å². The van der Waals surface area contributed by atoms with Gasteiger partial charge in [-0.05, 0) is 32.9 Å². The Balaban J connectivity index is 2.38. The lowest BCUT2D eigenvalue weighted by Gasteiger charge is -2.10. The van der Waals surface area contributed by atoms with Gasteiger partial charge < -0.3 is 5.32 Å². The lowest BCUT2D eigenvalue weighted by molar-refractivity contribution is 0.102. The second-order valence-electron chi connectivity index (χ2n) is 4.51. The first-order valence-corrected chi connectivity index (χ1v) is 5.97. The smallest absolute Gasteiger partial charge is 0.259 e. The highest BCUT2D eigenvalue weighted by atomic mass is 19.1. The molecule has 1 amide bonds. The van der Waals surface area contributed by atoms with Crippen LogP contribution in [0, 0.1) is 37.9 Å². The second-order valence-corrected chi connectivity index (χ2v) is 4.51. The molecule has 0 radical (unpaired) electrons. The molecule has 0 unspecified atom stereocenters. The van der Waals surface area contributed by atoms with E-state index in [-0.39, 0.29) is 22.7 Å². The van der Waals surface area contributed by atoms with E-state index in [0.717, 1.165) is 6.07 Å². The van der Waals surface area contributed by atoms with Gasteiger partial charge in [0.25, 0.3) is 5.91 Å². The number of anilines is 1. The molecule has 5 nitrogen and oxygen atoms in total. The summed E-state index contributed by atoms with van der Waals surface area (Å²) in [5.41, 5.74) is 2.35. The van der Waals surface area contributed by atoms with Crippen LogP contribution in [-0.2, 0) is 0 Å². The molecule has 0 fully saturated rings. The number of hydrogen-bond donors (Lipinski definition) is 2. The third-order valence-electron chi connectivity index (χ3n) is 3.08. The molecule has 1 heterocycles. The molecule has 2 aromatic rings. The first-order chi connectivity index (χ1) is 9.43. The standard InChI is InChI=1S/C14H13FN4O/c1-7-11(15)4-10(6-16)5-12(7)17-14(20)13-8(2)18-19-9(13)3/h4-5H,1-3H3,(H,17,20)(H,18,19). The van der Waals surface area contributed by atoms with Crippen molar-refractivity contribution < 1.29 is 9.18 Å². The zero-order valence-electron chi connectivity index (χ0n) is 11.3. The van der Waals surface area contributed by atoms with Gasteiger partial charge in [0.15, 0.2) is 0 Å². The van der Waals surface area contributed by atoms with E-state index in [2.05, 4.69) is 15.5 Å². The van der Waals surface area contributed by atoms with Crippen LogP contribution in [0.25, 0.3) is 0 Å². The van der Waals surface area contributed by atoms with Crippen LogP contribution in [0.4, 0.5) is 10.1 Å². The summed E-state index contributed by atoms with van der Waals surface area (Å²) in [5.74, 6) is -0.911. The SMILES string of the molecule is Cc1n[nH]c(C)c1C(=O)Nc1cc(C#N)cc(F)c1C. The summed E-state index contributed by atoms with van der Waals surface area (Å²) in [4.78, 5) is 12.2. The third-order valence-corrected chi connectivity index (χ3v) is 3.08. The van der Waals surface area contributed by atoms with Gasteiger partial charge in [-0.1, -0.05) is 0 Å². The van der Waals surface area contributed by atoms with Crippen molar-refractivity contribution in [1.29, 1.82) is 5.26 Å². The number of hydrogen-bond acceptors (Lipinski definition) is 3. The number of aryl methyl sites for hydroxylation is 2. The number of carbonyl (C=O) groups excluding carboxylic acids is 1. The van der Waals surface area contributed by atoms with E-state index in [1.54, 1.807) is 20.8 Å². The lowest BCUT2D eigenvalue weighted by atomic mass is 10.1. The monoisotopic (exact) mass is 272 g/mol. The molecule has 1 aromatic heterocycles. The summed E-state index contributed by atoms with van der Waals surface area (Å²) in [6.07, 6.45) is 0. The van der Waals surface area contributed by atoms with Crippen molar-refractivity contribution >= 4 is 11.6 Å². The Morgan fingerprint density at radius 3 is 2.65 bits per heavy atom. The van der Waals surface area contributed by atoms with Crippen LogP contribution in [0.15, 0.2) is 12.1 Å². The second kappa shape index (κ2) is 5.13. The first kappa shape index (κ1) is 13.7. The summed E-state index contributed by atoms with van der Waals surface area (Å²) >= 11 is 0. The molecular weight excluding hydrogens is 259 g/mol. The molecule has 2 N–H and O–H groups in total.